The van der Waals surface area contributed by atoms with Crippen LogP contribution < -0.4 is 0 Å². The topological polar surface area (TPSA) is 76.0 Å². The van der Waals surface area contributed by atoms with Gasteiger partial charge < -0.3 is 19.7 Å². The summed E-state index contributed by atoms with van der Waals surface area (Å²) in [6, 6.07) is 0. The molecule has 0 amide bonds. The average molecular weight is 417 g/mol. The van der Waals surface area contributed by atoms with Crippen molar-refractivity contribution >= 4 is 5.97 Å². The minimum atomic E-state index is -0.346. The lowest BCUT2D eigenvalue weighted by atomic mass is 9.99. The van der Waals surface area contributed by atoms with Crippen LogP contribution in [0, 0.1) is 0 Å². The third kappa shape index (κ3) is 19.1. The van der Waals surface area contributed by atoms with E-state index < -0.39 is 0 Å². The number of aliphatic hydroxyl groups excluding tert-OH is 2. The van der Waals surface area contributed by atoms with Gasteiger partial charge in [0.1, 0.15) is 0 Å². The van der Waals surface area contributed by atoms with E-state index in [2.05, 4.69) is 6.92 Å². The molecule has 0 bridgehead atoms. The second kappa shape index (κ2) is 22.0. The van der Waals surface area contributed by atoms with Gasteiger partial charge in [0, 0.05) is 19.6 Å². The van der Waals surface area contributed by atoms with E-state index in [0.29, 0.717) is 26.1 Å². The number of hydrogen-bond acceptors (Lipinski definition) is 5. The Kier molecular flexibility index (Phi) is 21.6. The van der Waals surface area contributed by atoms with Crippen LogP contribution in [0.3, 0.4) is 0 Å². The molecule has 2 atom stereocenters. The molecular weight excluding hydrogens is 368 g/mol. The molecule has 0 heterocycles. The van der Waals surface area contributed by atoms with E-state index >= 15 is 0 Å². The van der Waals surface area contributed by atoms with Crippen molar-refractivity contribution in [3.05, 3.63) is 0 Å². The van der Waals surface area contributed by atoms with Crippen LogP contribution in [0.2, 0.25) is 0 Å². The Balaban J connectivity index is 3.68. The molecule has 2 N–H and O–H groups in total. The van der Waals surface area contributed by atoms with Crippen molar-refractivity contribution in [1.29, 1.82) is 0 Å². The highest BCUT2D eigenvalue weighted by molar-refractivity contribution is 5.69. The summed E-state index contributed by atoms with van der Waals surface area (Å²) in [5.74, 6) is -0.128. The highest BCUT2D eigenvalue weighted by Gasteiger charge is 2.18. The number of ether oxygens (including phenoxy) is 2. The molecule has 0 rings (SSSR count). The SMILES string of the molecule is CCCCCCCCC(O)C(CCCCCCCC(=O)OCCCCO)OCC. The van der Waals surface area contributed by atoms with Gasteiger partial charge in [-0.3, -0.25) is 4.79 Å². The molecule has 5 nitrogen and oxygen atoms in total. The molecule has 0 aromatic carbocycles. The van der Waals surface area contributed by atoms with Crippen molar-refractivity contribution in [3.63, 3.8) is 0 Å². The van der Waals surface area contributed by atoms with E-state index in [1.54, 1.807) is 0 Å². The molecule has 29 heavy (non-hydrogen) atoms. The lowest BCUT2D eigenvalue weighted by Crippen LogP contribution is -2.29. The van der Waals surface area contributed by atoms with Gasteiger partial charge in [0.25, 0.3) is 0 Å². The van der Waals surface area contributed by atoms with Gasteiger partial charge in [-0.1, -0.05) is 71.1 Å². The fraction of sp³-hybridized carbons (Fsp3) is 0.958. The molecule has 0 aromatic rings. The highest BCUT2D eigenvalue weighted by Crippen LogP contribution is 2.17. The summed E-state index contributed by atoms with van der Waals surface area (Å²) in [6.07, 6.45) is 15.9. The highest BCUT2D eigenvalue weighted by atomic mass is 16.5. The van der Waals surface area contributed by atoms with Crippen molar-refractivity contribution in [2.24, 2.45) is 0 Å². The Morgan fingerprint density at radius 3 is 2.07 bits per heavy atom. The van der Waals surface area contributed by atoms with Gasteiger partial charge in [-0.25, -0.2) is 0 Å². The van der Waals surface area contributed by atoms with E-state index in [9.17, 15) is 9.90 Å². The van der Waals surface area contributed by atoms with Crippen molar-refractivity contribution in [2.45, 2.75) is 129 Å². The van der Waals surface area contributed by atoms with Crippen LogP contribution >= 0.6 is 0 Å². The Hall–Kier alpha value is -0.650. The predicted molar refractivity (Wildman–Crippen MR) is 119 cm³/mol. The van der Waals surface area contributed by atoms with E-state index in [-0.39, 0.29) is 24.8 Å². The third-order valence-electron chi connectivity index (χ3n) is 5.35. The molecule has 5 heteroatoms. The fourth-order valence-electron chi connectivity index (χ4n) is 3.54. The quantitative estimate of drug-likeness (QED) is 0.179. The number of unbranched alkanes of at least 4 members (excludes halogenated alkanes) is 10. The second-order valence-corrected chi connectivity index (χ2v) is 8.08. The maximum atomic E-state index is 11.6. The summed E-state index contributed by atoms with van der Waals surface area (Å²) in [6.45, 7) is 5.44. The standard InChI is InChI=1S/C24H48O5/c1-3-5-6-7-9-12-17-22(26)23(28-4-2)18-13-10-8-11-14-19-24(27)29-21-16-15-20-25/h22-23,25-26H,3-21H2,1-2H3. The van der Waals surface area contributed by atoms with Gasteiger partial charge in [-0.05, 0) is 39.0 Å². The van der Waals surface area contributed by atoms with Crippen LogP contribution in [-0.4, -0.2) is 48.2 Å². The fourth-order valence-corrected chi connectivity index (χ4v) is 3.54. The van der Waals surface area contributed by atoms with Gasteiger partial charge >= 0.3 is 5.97 Å². The molecule has 0 aliphatic carbocycles. The summed E-state index contributed by atoms with van der Waals surface area (Å²) < 4.78 is 10.9. The number of rotatable bonds is 22. The van der Waals surface area contributed by atoms with Gasteiger partial charge in [-0.2, -0.15) is 0 Å². The minimum Gasteiger partial charge on any atom is -0.466 e. The molecule has 0 radical (unpaired) electrons. The van der Waals surface area contributed by atoms with Gasteiger partial charge in [0.05, 0.1) is 18.8 Å². The van der Waals surface area contributed by atoms with E-state index in [4.69, 9.17) is 14.6 Å². The number of carbonyl (C=O) groups excluding carboxylic acids is 1. The van der Waals surface area contributed by atoms with E-state index in [1.807, 2.05) is 6.92 Å². The first-order valence-corrected chi connectivity index (χ1v) is 12.2. The van der Waals surface area contributed by atoms with Crippen LogP contribution in [0.1, 0.15) is 117 Å². The summed E-state index contributed by atoms with van der Waals surface area (Å²) >= 11 is 0. The molecular formula is C24H48O5. The molecule has 2 unspecified atom stereocenters. The van der Waals surface area contributed by atoms with Crippen molar-refractivity contribution in [3.8, 4) is 0 Å². The molecule has 0 aliphatic rings. The van der Waals surface area contributed by atoms with Crippen LogP contribution in [0.25, 0.3) is 0 Å². The zero-order valence-electron chi connectivity index (χ0n) is 19.2. The molecule has 0 saturated heterocycles. The first-order valence-electron chi connectivity index (χ1n) is 12.2. The lowest BCUT2D eigenvalue weighted by molar-refractivity contribution is -0.143. The average Bonchev–Trinajstić information content (AvgIpc) is 2.72. The Morgan fingerprint density at radius 1 is 0.793 bits per heavy atom. The Bertz CT molecular complexity index is 348. The molecule has 0 spiro atoms. The first kappa shape index (κ1) is 28.4. The Labute approximate surface area is 179 Å². The van der Waals surface area contributed by atoms with Crippen molar-refractivity contribution in [1.82, 2.24) is 0 Å². The summed E-state index contributed by atoms with van der Waals surface area (Å²) in [5.41, 5.74) is 0. The minimum absolute atomic E-state index is 0.0375. The van der Waals surface area contributed by atoms with Crippen molar-refractivity contribution < 1.29 is 24.5 Å². The van der Waals surface area contributed by atoms with E-state index in [0.717, 1.165) is 57.8 Å². The van der Waals surface area contributed by atoms with Gasteiger partial charge in [0.2, 0.25) is 0 Å². The van der Waals surface area contributed by atoms with Gasteiger partial charge in [-0.15, -0.1) is 0 Å². The summed E-state index contributed by atoms with van der Waals surface area (Å²) in [5, 5.41) is 19.1. The maximum Gasteiger partial charge on any atom is 0.305 e. The zero-order valence-corrected chi connectivity index (χ0v) is 19.2. The largest absolute Gasteiger partial charge is 0.466 e. The summed E-state index contributed by atoms with van der Waals surface area (Å²) in [7, 11) is 0. The normalized spacial score (nSPS) is 13.4. The monoisotopic (exact) mass is 416 g/mol. The summed E-state index contributed by atoms with van der Waals surface area (Å²) in [4.78, 5) is 11.6. The smallest absolute Gasteiger partial charge is 0.305 e. The molecule has 0 aliphatic heterocycles. The van der Waals surface area contributed by atoms with Crippen molar-refractivity contribution in [2.75, 3.05) is 19.8 Å². The van der Waals surface area contributed by atoms with Gasteiger partial charge in [0.15, 0.2) is 0 Å². The lowest BCUT2D eigenvalue weighted by Gasteiger charge is -2.23. The number of carbonyl (C=O) groups is 1. The van der Waals surface area contributed by atoms with Crippen LogP contribution in [0.4, 0.5) is 0 Å². The van der Waals surface area contributed by atoms with Crippen LogP contribution in [0.5, 0.6) is 0 Å². The van der Waals surface area contributed by atoms with E-state index in [1.165, 1.54) is 32.1 Å². The Morgan fingerprint density at radius 2 is 1.41 bits per heavy atom. The predicted octanol–water partition coefficient (Wildman–Crippen LogP) is 5.55. The first-order chi connectivity index (χ1) is 14.2. The molecule has 0 saturated carbocycles. The van der Waals surface area contributed by atoms with Crippen LogP contribution in [0.15, 0.2) is 0 Å². The molecule has 0 aromatic heterocycles. The molecule has 174 valence electrons. The van der Waals surface area contributed by atoms with Crippen LogP contribution in [-0.2, 0) is 14.3 Å². The third-order valence-corrected chi connectivity index (χ3v) is 5.35. The number of aliphatic hydroxyl groups is 2. The number of hydrogen-bond donors (Lipinski definition) is 2. The molecule has 0 fully saturated rings. The second-order valence-electron chi connectivity index (χ2n) is 8.08. The number of esters is 1. The zero-order chi connectivity index (χ0) is 21.6. The maximum absolute atomic E-state index is 11.6.